The van der Waals surface area contributed by atoms with Crippen molar-refractivity contribution < 1.29 is 9.47 Å². The van der Waals surface area contributed by atoms with Crippen molar-refractivity contribution in [3.63, 3.8) is 0 Å². The number of ether oxygens (including phenoxy) is 2. The topological polar surface area (TPSA) is 95.8 Å². The molecule has 0 fully saturated rings. The summed E-state index contributed by atoms with van der Waals surface area (Å²) in [6.45, 7) is 0.840. The average molecular weight is 427 g/mol. The number of benzene rings is 3. The Bertz CT molecular complexity index is 1220. The number of hydrazone groups is 1. The predicted molar refractivity (Wildman–Crippen MR) is 127 cm³/mol. The summed E-state index contributed by atoms with van der Waals surface area (Å²) in [5, 5.41) is 4.65. The molecule has 4 N–H and O–H groups in total. The molecule has 0 unspecified atom stereocenters. The maximum atomic E-state index is 6.03. The predicted octanol–water partition coefficient (Wildman–Crippen LogP) is 4.56. The molecular weight excluding hydrogens is 400 g/mol. The fourth-order valence-electron chi connectivity index (χ4n) is 3.43. The summed E-state index contributed by atoms with van der Waals surface area (Å²) in [6, 6.07) is 27.9. The van der Waals surface area contributed by atoms with Gasteiger partial charge in [0, 0.05) is 17.9 Å². The zero-order valence-electron chi connectivity index (χ0n) is 17.8. The second kappa shape index (κ2) is 10.3. The zero-order chi connectivity index (χ0) is 22.2. The van der Waals surface area contributed by atoms with Crippen LogP contribution >= 0.6 is 0 Å². The fourth-order valence-corrected chi connectivity index (χ4v) is 3.43. The van der Waals surface area contributed by atoms with E-state index in [-0.39, 0.29) is 0 Å². The summed E-state index contributed by atoms with van der Waals surface area (Å²) in [6.07, 6.45) is 1.37. The molecule has 0 spiro atoms. The van der Waals surface area contributed by atoms with E-state index in [1.165, 1.54) is 0 Å². The quantitative estimate of drug-likeness (QED) is 0.177. The second-order valence-corrected chi connectivity index (χ2v) is 7.44. The Morgan fingerprint density at radius 3 is 2.31 bits per heavy atom. The maximum Gasteiger partial charge on any atom is 0.130 e. The van der Waals surface area contributed by atoms with Crippen molar-refractivity contribution in [2.45, 2.75) is 26.1 Å². The molecule has 3 aromatic carbocycles. The van der Waals surface area contributed by atoms with Crippen molar-refractivity contribution in [1.82, 2.24) is 4.98 Å². The van der Waals surface area contributed by atoms with Gasteiger partial charge in [-0.15, -0.1) is 0 Å². The van der Waals surface area contributed by atoms with Crippen molar-refractivity contribution in [2.24, 2.45) is 16.7 Å². The number of rotatable bonds is 9. The van der Waals surface area contributed by atoms with Crippen LogP contribution in [-0.4, -0.2) is 10.8 Å². The van der Waals surface area contributed by atoms with Crippen LogP contribution in [0.1, 0.15) is 23.2 Å². The van der Waals surface area contributed by atoms with E-state index in [4.69, 9.17) is 21.1 Å². The molecule has 0 radical (unpaired) electrons. The number of amidine groups is 1. The van der Waals surface area contributed by atoms with E-state index in [1.54, 1.807) is 0 Å². The summed E-state index contributed by atoms with van der Waals surface area (Å²) in [5.74, 6) is 7.14. The van der Waals surface area contributed by atoms with Gasteiger partial charge in [0.1, 0.15) is 30.5 Å². The fraction of sp³-hybridized carbons (Fsp3) is 0.154. The highest BCUT2D eigenvalue weighted by atomic mass is 16.5. The van der Waals surface area contributed by atoms with Crippen LogP contribution in [0.15, 0.2) is 90.0 Å². The molecule has 0 aliphatic carbocycles. The monoisotopic (exact) mass is 426 g/mol. The van der Waals surface area contributed by atoms with Crippen molar-refractivity contribution in [3.05, 3.63) is 102 Å². The van der Waals surface area contributed by atoms with Crippen LogP contribution in [0.25, 0.3) is 10.9 Å². The maximum absolute atomic E-state index is 6.03. The lowest BCUT2D eigenvalue weighted by atomic mass is 10.0. The van der Waals surface area contributed by atoms with Crippen molar-refractivity contribution in [2.75, 3.05) is 0 Å². The highest BCUT2D eigenvalue weighted by molar-refractivity contribution is 5.80. The number of pyridine rings is 1. The molecule has 1 heterocycles. The Labute approximate surface area is 187 Å². The van der Waals surface area contributed by atoms with Crippen molar-refractivity contribution in [1.29, 1.82) is 0 Å². The first kappa shape index (κ1) is 21.2. The van der Waals surface area contributed by atoms with Crippen LogP contribution in [0.4, 0.5) is 0 Å². The van der Waals surface area contributed by atoms with Crippen LogP contribution in [0, 0.1) is 0 Å². The van der Waals surface area contributed by atoms with Gasteiger partial charge >= 0.3 is 0 Å². The summed E-state index contributed by atoms with van der Waals surface area (Å²) in [7, 11) is 0. The molecule has 0 aliphatic heterocycles. The summed E-state index contributed by atoms with van der Waals surface area (Å²) >= 11 is 0. The minimum absolute atomic E-state index is 0.390. The SMILES string of the molecule is N/N=C(\N)CCc1ccccc1COc1cccc(OCc2ccc3ccccc3n2)c1. The van der Waals surface area contributed by atoms with Crippen molar-refractivity contribution >= 4 is 16.7 Å². The Balaban J connectivity index is 1.37. The standard InChI is InChI=1S/C26H26N4O2/c27-26(30-28)15-13-19-6-1-2-8-21(19)17-31-23-9-5-10-24(16-23)32-18-22-14-12-20-7-3-4-11-25(20)29-22/h1-12,14,16H,13,15,17-18,28H2,(H2,27,30). The van der Waals surface area contributed by atoms with E-state index >= 15 is 0 Å². The molecule has 0 aliphatic rings. The number of para-hydroxylation sites is 1. The van der Waals surface area contributed by atoms with Gasteiger partial charge in [-0.25, -0.2) is 4.98 Å². The number of nitrogens with two attached hydrogens (primary N) is 2. The summed E-state index contributed by atoms with van der Waals surface area (Å²) in [5.41, 5.74) is 9.83. The first-order chi connectivity index (χ1) is 15.7. The lowest BCUT2D eigenvalue weighted by Crippen LogP contribution is -2.15. The Kier molecular flexibility index (Phi) is 6.82. The largest absolute Gasteiger partial charge is 0.489 e. The molecule has 0 atom stereocenters. The van der Waals surface area contributed by atoms with Crippen molar-refractivity contribution in [3.8, 4) is 11.5 Å². The van der Waals surface area contributed by atoms with Crippen LogP contribution in [0.3, 0.4) is 0 Å². The number of aryl methyl sites for hydroxylation is 1. The van der Waals surface area contributed by atoms with Gasteiger partial charge in [-0.1, -0.05) is 54.6 Å². The molecule has 32 heavy (non-hydrogen) atoms. The Morgan fingerprint density at radius 1 is 0.781 bits per heavy atom. The molecule has 0 amide bonds. The lowest BCUT2D eigenvalue weighted by molar-refractivity contribution is 0.287. The number of fused-ring (bicyclic) bond motifs is 1. The van der Waals surface area contributed by atoms with E-state index in [2.05, 4.69) is 28.3 Å². The number of nitrogens with zero attached hydrogens (tertiary/aromatic N) is 2. The van der Waals surface area contributed by atoms with Gasteiger partial charge in [-0.3, -0.25) is 0 Å². The number of aromatic nitrogens is 1. The highest BCUT2D eigenvalue weighted by Crippen LogP contribution is 2.22. The van der Waals surface area contributed by atoms with E-state index < -0.39 is 0 Å². The van der Waals surface area contributed by atoms with Gasteiger partial charge in [-0.05, 0) is 41.8 Å². The third-order valence-corrected chi connectivity index (χ3v) is 5.18. The smallest absolute Gasteiger partial charge is 0.130 e. The highest BCUT2D eigenvalue weighted by Gasteiger charge is 2.06. The Morgan fingerprint density at radius 2 is 1.50 bits per heavy atom. The molecule has 4 rings (SSSR count). The third-order valence-electron chi connectivity index (χ3n) is 5.18. The molecule has 0 bridgehead atoms. The van der Waals surface area contributed by atoms with E-state index in [1.807, 2.05) is 66.7 Å². The summed E-state index contributed by atoms with van der Waals surface area (Å²) < 4.78 is 12.0. The minimum Gasteiger partial charge on any atom is -0.489 e. The van der Waals surface area contributed by atoms with Gasteiger partial charge in [0.05, 0.1) is 11.2 Å². The first-order valence-corrected chi connectivity index (χ1v) is 10.5. The van der Waals surface area contributed by atoms with Gasteiger partial charge in [-0.2, -0.15) is 5.10 Å². The molecule has 0 saturated heterocycles. The second-order valence-electron chi connectivity index (χ2n) is 7.44. The molecule has 162 valence electrons. The normalized spacial score (nSPS) is 11.4. The molecule has 1 aromatic heterocycles. The average Bonchev–Trinajstić information content (AvgIpc) is 2.85. The van der Waals surface area contributed by atoms with Crippen LogP contribution in [0.2, 0.25) is 0 Å². The van der Waals surface area contributed by atoms with Crippen LogP contribution in [-0.2, 0) is 19.6 Å². The molecule has 4 aromatic rings. The van der Waals surface area contributed by atoms with E-state index in [0.29, 0.717) is 25.5 Å². The first-order valence-electron chi connectivity index (χ1n) is 10.5. The zero-order valence-corrected chi connectivity index (χ0v) is 17.8. The van der Waals surface area contributed by atoms with Gasteiger partial charge in [0.2, 0.25) is 0 Å². The molecule has 6 heteroatoms. The minimum atomic E-state index is 0.390. The number of hydrogen-bond acceptors (Lipinski definition) is 5. The lowest BCUT2D eigenvalue weighted by Gasteiger charge is -2.12. The van der Waals surface area contributed by atoms with Gasteiger partial charge in [0.15, 0.2) is 0 Å². The van der Waals surface area contributed by atoms with Gasteiger partial charge < -0.3 is 21.1 Å². The van der Waals surface area contributed by atoms with E-state index in [0.717, 1.165) is 45.6 Å². The number of hydrogen-bond donors (Lipinski definition) is 2. The molecule has 6 nitrogen and oxygen atoms in total. The Hall–Kier alpha value is -4.06. The van der Waals surface area contributed by atoms with Crippen LogP contribution in [0.5, 0.6) is 11.5 Å². The van der Waals surface area contributed by atoms with Gasteiger partial charge in [0.25, 0.3) is 0 Å². The summed E-state index contributed by atoms with van der Waals surface area (Å²) in [4.78, 5) is 4.65. The van der Waals surface area contributed by atoms with E-state index in [9.17, 15) is 0 Å². The van der Waals surface area contributed by atoms with Crippen LogP contribution < -0.4 is 21.1 Å². The molecular formula is C26H26N4O2. The third kappa shape index (κ3) is 5.55. The molecule has 0 saturated carbocycles.